The number of hydrogen-bond acceptors (Lipinski definition) is 6. The molecule has 1 fully saturated rings. The summed E-state index contributed by atoms with van der Waals surface area (Å²) >= 11 is 7.53. The zero-order valence-corrected chi connectivity index (χ0v) is 19.7. The van der Waals surface area contributed by atoms with Crippen molar-refractivity contribution in [3.05, 3.63) is 57.9 Å². The number of nitrogens with zero attached hydrogens (tertiary/aromatic N) is 1. The summed E-state index contributed by atoms with van der Waals surface area (Å²) in [7, 11) is 0. The van der Waals surface area contributed by atoms with Crippen LogP contribution in [0.15, 0.2) is 42.5 Å². The number of rotatable bonds is 7. The molecular formula is C24H24ClN3O4S. The number of ether oxygens (including phenoxy) is 1. The Morgan fingerprint density at radius 1 is 1.12 bits per heavy atom. The van der Waals surface area contributed by atoms with Crippen LogP contribution in [0.5, 0.6) is 0 Å². The van der Waals surface area contributed by atoms with E-state index in [1.165, 1.54) is 24.2 Å². The molecule has 1 aliphatic rings. The summed E-state index contributed by atoms with van der Waals surface area (Å²) in [6, 6.07) is 13.3. The van der Waals surface area contributed by atoms with Crippen molar-refractivity contribution < 1.29 is 19.1 Å². The molecule has 2 aromatic carbocycles. The van der Waals surface area contributed by atoms with Crippen LogP contribution in [0.2, 0.25) is 5.02 Å². The number of nitrogens with one attached hydrogen (secondary N) is 2. The highest BCUT2D eigenvalue weighted by Crippen LogP contribution is 2.35. The average Bonchev–Trinajstić information content (AvgIpc) is 3.46. The van der Waals surface area contributed by atoms with Crippen molar-refractivity contribution in [2.45, 2.75) is 19.8 Å². The van der Waals surface area contributed by atoms with Crippen LogP contribution in [0.1, 0.15) is 28.1 Å². The highest BCUT2D eigenvalue weighted by atomic mass is 35.5. The SMILES string of the molecule is Cc1cc(N2CCCC2)ccc1NC(=O)COC(=O)CNC(=O)c1sc2ccccc2c1Cl. The van der Waals surface area contributed by atoms with Crippen molar-refractivity contribution in [1.82, 2.24) is 5.32 Å². The minimum absolute atomic E-state index is 0.330. The molecule has 4 rings (SSSR count). The smallest absolute Gasteiger partial charge is 0.325 e. The molecule has 3 aromatic rings. The van der Waals surface area contributed by atoms with Gasteiger partial charge in [0.25, 0.3) is 11.8 Å². The van der Waals surface area contributed by atoms with E-state index in [2.05, 4.69) is 15.5 Å². The lowest BCUT2D eigenvalue weighted by atomic mass is 10.1. The van der Waals surface area contributed by atoms with E-state index < -0.39 is 24.4 Å². The first-order chi connectivity index (χ1) is 15.9. The molecule has 0 spiro atoms. The molecule has 0 unspecified atom stereocenters. The monoisotopic (exact) mass is 485 g/mol. The van der Waals surface area contributed by atoms with Gasteiger partial charge in [-0.2, -0.15) is 0 Å². The molecule has 1 saturated heterocycles. The third-order valence-corrected chi connectivity index (χ3v) is 7.13. The highest BCUT2D eigenvalue weighted by Gasteiger charge is 2.18. The summed E-state index contributed by atoms with van der Waals surface area (Å²) in [5.74, 6) is -1.62. The zero-order chi connectivity index (χ0) is 23.4. The lowest BCUT2D eigenvalue weighted by Crippen LogP contribution is -2.32. The van der Waals surface area contributed by atoms with Crippen LogP contribution in [-0.2, 0) is 14.3 Å². The Kier molecular flexibility index (Phi) is 7.15. The van der Waals surface area contributed by atoms with E-state index in [0.29, 0.717) is 15.6 Å². The molecular weight excluding hydrogens is 462 g/mol. The maximum Gasteiger partial charge on any atom is 0.325 e. The van der Waals surface area contributed by atoms with E-state index in [0.717, 1.165) is 34.4 Å². The molecule has 0 radical (unpaired) electrons. The minimum Gasteiger partial charge on any atom is -0.454 e. The van der Waals surface area contributed by atoms with E-state index in [-0.39, 0.29) is 6.54 Å². The fourth-order valence-electron chi connectivity index (χ4n) is 3.74. The van der Waals surface area contributed by atoms with Gasteiger partial charge in [0, 0.05) is 34.6 Å². The molecule has 2 heterocycles. The van der Waals surface area contributed by atoms with Crippen molar-refractivity contribution in [2.24, 2.45) is 0 Å². The van der Waals surface area contributed by atoms with Crippen LogP contribution in [0.25, 0.3) is 10.1 Å². The number of halogens is 1. The van der Waals surface area contributed by atoms with Crippen molar-refractivity contribution in [3.8, 4) is 0 Å². The second-order valence-electron chi connectivity index (χ2n) is 7.83. The summed E-state index contributed by atoms with van der Waals surface area (Å²) < 4.78 is 5.88. The first-order valence-electron chi connectivity index (χ1n) is 10.7. The number of amides is 2. The number of esters is 1. The van der Waals surface area contributed by atoms with Gasteiger partial charge >= 0.3 is 5.97 Å². The number of fused-ring (bicyclic) bond motifs is 1. The van der Waals surface area contributed by atoms with Gasteiger partial charge in [-0.1, -0.05) is 29.8 Å². The molecule has 2 amide bonds. The van der Waals surface area contributed by atoms with Crippen molar-refractivity contribution in [3.63, 3.8) is 0 Å². The third kappa shape index (κ3) is 5.46. The minimum atomic E-state index is -0.711. The lowest BCUT2D eigenvalue weighted by Gasteiger charge is -2.19. The van der Waals surface area contributed by atoms with Gasteiger partial charge in [0.2, 0.25) is 0 Å². The van der Waals surface area contributed by atoms with E-state index in [1.807, 2.05) is 49.4 Å². The summed E-state index contributed by atoms with van der Waals surface area (Å²) in [5, 5.41) is 6.39. The molecule has 9 heteroatoms. The summed E-state index contributed by atoms with van der Waals surface area (Å²) in [4.78, 5) is 39.3. The molecule has 0 atom stereocenters. The topological polar surface area (TPSA) is 87.7 Å². The number of hydrogen-bond donors (Lipinski definition) is 2. The van der Waals surface area contributed by atoms with Crippen LogP contribution in [0, 0.1) is 6.92 Å². The fraction of sp³-hybridized carbons (Fsp3) is 0.292. The zero-order valence-electron chi connectivity index (χ0n) is 18.2. The van der Waals surface area contributed by atoms with Crippen LogP contribution >= 0.6 is 22.9 Å². The van der Waals surface area contributed by atoms with E-state index in [9.17, 15) is 14.4 Å². The van der Waals surface area contributed by atoms with Gasteiger partial charge in [-0.25, -0.2) is 0 Å². The number of aryl methyl sites for hydroxylation is 1. The molecule has 33 heavy (non-hydrogen) atoms. The maximum atomic E-state index is 12.4. The first kappa shape index (κ1) is 23.1. The number of benzene rings is 2. The van der Waals surface area contributed by atoms with Gasteiger partial charge in [0.05, 0.1) is 5.02 Å². The Morgan fingerprint density at radius 3 is 2.61 bits per heavy atom. The number of carbonyl (C=O) groups is 3. The molecule has 172 valence electrons. The molecule has 1 aromatic heterocycles. The van der Waals surface area contributed by atoms with Crippen LogP contribution in [-0.4, -0.2) is 44.0 Å². The van der Waals surface area contributed by atoms with Gasteiger partial charge < -0.3 is 20.3 Å². The fourth-order valence-corrected chi connectivity index (χ4v) is 5.17. The second-order valence-corrected chi connectivity index (χ2v) is 9.26. The normalized spacial score (nSPS) is 13.2. The summed E-state index contributed by atoms with van der Waals surface area (Å²) in [6.07, 6.45) is 2.39. The van der Waals surface area contributed by atoms with Gasteiger partial charge in [-0.3, -0.25) is 14.4 Å². The van der Waals surface area contributed by atoms with Crippen molar-refractivity contribution in [2.75, 3.05) is 36.5 Å². The molecule has 0 aliphatic carbocycles. The van der Waals surface area contributed by atoms with E-state index in [1.54, 1.807) is 0 Å². The van der Waals surface area contributed by atoms with Crippen LogP contribution in [0.4, 0.5) is 11.4 Å². The van der Waals surface area contributed by atoms with Crippen molar-refractivity contribution >= 4 is 62.2 Å². The van der Waals surface area contributed by atoms with Crippen LogP contribution < -0.4 is 15.5 Å². The molecule has 2 N–H and O–H groups in total. The number of thiophene rings is 1. The quantitative estimate of drug-likeness (QED) is 0.485. The Bertz CT molecular complexity index is 1200. The summed E-state index contributed by atoms with van der Waals surface area (Å²) in [5.41, 5.74) is 2.75. The van der Waals surface area contributed by atoms with Crippen molar-refractivity contribution in [1.29, 1.82) is 0 Å². The molecule has 0 saturated carbocycles. The van der Waals surface area contributed by atoms with Gasteiger partial charge in [-0.15, -0.1) is 11.3 Å². The van der Waals surface area contributed by atoms with E-state index >= 15 is 0 Å². The predicted octanol–water partition coefficient (Wildman–Crippen LogP) is 4.38. The van der Waals surface area contributed by atoms with Gasteiger partial charge in [0.1, 0.15) is 11.4 Å². The lowest BCUT2D eigenvalue weighted by molar-refractivity contribution is -0.146. The Hall–Kier alpha value is -3.10. The van der Waals surface area contributed by atoms with E-state index in [4.69, 9.17) is 16.3 Å². The van der Waals surface area contributed by atoms with Gasteiger partial charge in [-0.05, 0) is 49.6 Å². The standard InChI is InChI=1S/C24H24ClN3O4S/c1-15-12-16(28-10-4-5-11-28)8-9-18(15)27-20(29)14-32-21(30)13-26-24(31)23-22(25)17-6-2-3-7-19(17)33-23/h2-3,6-9,12H,4-5,10-11,13-14H2,1H3,(H,26,31)(H,27,29). The third-order valence-electron chi connectivity index (χ3n) is 5.45. The number of anilines is 2. The molecule has 1 aliphatic heterocycles. The first-order valence-corrected chi connectivity index (χ1v) is 11.9. The Labute approximate surface area is 200 Å². The van der Waals surface area contributed by atoms with Crippen LogP contribution in [0.3, 0.4) is 0 Å². The highest BCUT2D eigenvalue weighted by molar-refractivity contribution is 7.21. The molecule has 0 bridgehead atoms. The Morgan fingerprint density at radius 2 is 1.88 bits per heavy atom. The number of carbonyl (C=O) groups excluding carboxylic acids is 3. The largest absolute Gasteiger partial charge is 0.454 e. The second kappa shape index (κ2) is 10.2. The maximum absolute atomic E-state index is 12.4. The average molecular weight is 486 g/mol. The summed E-state index contributed by atoms with van der Waals surface area (Å²) in [6.45, 7) is 3.22. The molecule has 7 nitrogen and oxygen atoms in total. The predicted molar refractivity (Wildman–Crippen MR) is 131 cm³/mol. The van der Waals surface area contributed by atoms with Gasteiger partial charge in [0.15, 0.2) is 6.61 Å². The Balaban J connectivity index is 1.24.